The number of benzene rings is 1. The maximum atomic E-state index is 13.9. The molecule has 1 saturated heterocycles. The van der Waals surface area contributed by atoms with Gasteiger partial charge in [-0.05, 0) is 43.0 Å². The summed E-state index contributed by atoms with van der Waals surface area (Å²) < 4.78 is 40.7. The van der Waals surface area contributed by atoms with Crippen LogP contribution in [0.2, 0.25) is 0 Å². The van der Waals surface area contributed by atoms with Crippen molar-refractivity contribution in [1.82, 2.24) is 9.62 Å². The van der Waals surface area contributed by atoms with Gasteiger partial charge in [-0.1, -0.05) is 13.8 Å². The van der Waals surface area contributed by atoms with Crippen LogP contribution in [0.15, 0.2) is 23.1 Å². The number of carboxylic acids is 1. The van der Waals surface area contributed by atoms with Crippen LogP contribution in [0.5, 0.6) is 0 Å². The van der Waals surface area contributed by atoms with E-state index in [9.17, 15) is 17.6 Å². The van der Waals surface area contributed by atoms with Gasteiger partial charge in [0.2, 0.25) is 10.0 Å². The topological polar surface area (TPSA) is 86.7 Å². The minimum atomic E-state index is -4.01. The molecule has 8 heteroatoms. The highest BCUT2D eigenvalue weighted by Crippen LogP contribution is 2.28. The quantitative estimate of drug-likeness (QED) is 0.811. The fourth-order valence-electron chi connectivity index (χ4n) is 3.00. The summed E-state index contributed by atoms with van der Waals surface area (Å²) in [4.78, 5) is 12.4. The van der Waals surface area contributed by atoms with Gasteiger partial charge in [-0.2, -0.15) is 0 Å². The molecule has 2 N–H and O–H groups in total. The van der Waals surface area contributed by atoms with Crippen molar-refractivity contribution in [1.29, 1.82) is 0 Å². The van der Waals surface area contributed by atoms with E-state index < -0.39 is 26.7 Å². The van der Waals surface area contributed by atoms with Crippen molar-refractivity contribution < 1.29 is 22.7 Å². The molecule has 1 aromatic rings. The molecule has 1 aliphatic rings. The van der Waals surface area contributed by atoms with Gasteiger partial charge in [0.15, 0.2) is 0 Å². The smallest absolute Gasteiger partial charge is 0.335 e. The van der Waals surface area contributed by atoms with E-state index in [4.69, 9.17) is 5.11 Å². The van der Waals surface area contributed by atoms with E-state index in [1.165, 1.54) is 0 Å². The van der Waals surface area contributed by atoms with Crippen LogP contribution in [0, 0.1) is 11.2 Å². The van der Waals surface area contributed by atoms with Crippen LogP contribution < -0.4 is 4.72 Å². The van der Waals surface area contributed by atoms with Crippen molar-refractivity contribution in [3.8, 4) is 0 Å². The summed E-state index contributed by atoms with van der Waals surface area (Å²) >= 11 is 0. The largest absolute Gasteiger partial charge is 0.478 e. The van der Waals surface area contributed by atoms with Gasteiger partial charge in [-0.15, -0.1) is 0 Å². The zero-order valence-corrected chi connectivity index (χ0v) is 14.7. The predicted molar refractivity (Wildman–Crippen MR) is 88.0 cm³/mol. The average molecular weight is 358 g/mol. The molecular formula is C16H23FN2O4S. The Labute approximate surface area is 141 Å². The Morgan fingerprint density at radius 1 is 1.42 bits per heavy atom. The number of rotatable bonds is 6. The minimum Gasteiger partial charge on any atom is -0.478 e. The van der Waals surface area contributed by atoms with E-state index in [1.54, 1.807) is 0 Å². The highest BCUT2D eigenvalue weighted by atomic mass is 32.2. The summed E-state index contributed by atoms with van der Waals surface area (Å²) in [6, 6.07) is 2.77. The standard InChI is InChI=1S/C16H23FN2O4S/c1-16(2)6-3-8-19(11-16)9-7-18-24(22,23)14-5-4-12(15(20)21)10-13(14)17/h4-5,10,18H,3,6-9,11H2,1-2H3,(H,20,21). The summed E-state index contributed by atoms with van der Waals surface area (Å²) in [6.45, 7) is 6.92. The first-order valence-electron chi connectivity index (χ1n) is 7.86. The van der Waals surface area contributed by atoms with Crippen molar-refractivity contribution in [2.24, 2.45) is 5.41 Å². The second kappa shape index (κ2) is 7.16. The molecule has 0 radical (unpaired) electrons. The fraction of sp³-hybridized carbons (Fsp3) is 0.562. The van der Waals surface area contributed by atoms with Gasteiger partial charge >= 0.3 is 5.97 Å². The molecule has 6 nitrogen and oxygen atoms in total. The van der Waals surface area contributed by atoms with E-state index in [-0.39, 0.29) is 17.5 Å². The Bertz CT molecular complexity index is 719. The molecule has 2 rings (SSSR count). The molecule has 1 heterocycles. The van der Waals surface area contributed by atoms with E-state index in [2.05, 4.69) is 23.5 Å². The SMILES string of the molecule is CC1(C)CCCN(CCNS(=O)(=O)c2ccc(C(=O)O)cc2F)C1. The lowest BCUT2D eigenvalue weighted by atomic mass is 9.84. The number of nitrogens with zero attached hydrogens (tertiary/aromatic N) is 1. The van der Waals surface area contributed by atoms with Crippen LogP contribution in [-0.2, 0) is 10.0 Å². The molecule has 0 spiro atoms. The molecule has 0 atom stereocenters. The van der Waals surface area contributed by atoms with Crippen molar-refractivity contribution in [3.63, 3.8) is 0 Å². The molecule has 0 aromatic heterocycles. The number of hydrogen-bond acceptors (Lipinski definition) is 4. The van der Waals surface area contributed by atoms with Crippen LogP contribution in [0.1, 0.15) is 37.0 Å². The van der Waals surface area contributed by atoms with Crippen molar-refractivity contribution in [2.75, 3.05) is 26.2 Å². The summed E-state index contributed by atoms with van der Waals surface area (Å²) in [6.07, 6.45) is 2.22. The van der Waals surface area contributed by atoms with Gasteiger partial charge in [0.05, 0.1) is 5.56 Å². The first-order chi connectivity index (χ1) is 11.1. The van der Waals surface area contributed by atoms with Gasteiger partial charge in [0, 0.05) is 19.6 Å². The summed E-state index contributed by atoms with van der Waals surface area (Å²) in [5.74, 6) is -2.37. The van der Waals surface area contributed by atoms with E-state index >= 15 is 0 Å². The van der Waals surface area contributed by atoms with Gasteiger partial charge < -0.3 is 10.0 Å². The zero-order valence-electron chi connectivity index (χ0n) is 13.9. The molecule has 0 unspecified atom stereocenters. The summed E-state index contributed by atoms with van der Waals surface area (Å²) in [7, 11) is -4.01. The molecule has 0 amide bonds. The molecule has 1 aromatic carbocycles. The van der Waals surface area contributed by atoms with Crippen molar-refractivity contribution in [3.05, 3.63) is 29.6 Å². The van der Waals surface area contributed by atoms with Gasteiger partial charge in [0.1, 0.15) is 10.7 Å². The summed E-state index contributed by atoms with van der Waals surface area (Å²) in [5, 5.41) is 8.79. The van der Waals surface area contributed by atoms with E-state index in [0.717, 1.165) is 38.1 Å². The maximum absolute atomic E-state index is 13.9. The van der Waals surface area contributed by atoms with Crippen LogP contribution in [0.4, 0.5) is 4.39 Å². The highest BCUT2D eigenvalue weighted by molar-refractivity contribution is 7.89. The molecule has 1 aliphatic heterocycles. The van der Waals surface area contributed by atoms with Gasteiger partial charge in [-0.3, -0.25) is 0 Å². The van der Waals surface area contributed by atoms with Crippen molar-refractivity contribution in [2.45, 2.75) is 31.6 Å². The normalized spacial score (nSPS) is 18.5. The molecular weight excluding hydrogens is 335 g/mol. The van der Waals surface area contributed by atoms with E-state index in [1.807, 2.05) is 0 Å². The lowest BCUT2D eigenvalue weighted by Crippen LogP contribution is -2.43. The van der Waals surface area contributed by atoms with Crippen LogP contribution in [0.3, 0.4) is 0 Å². The van der Waals surface area contributed by atoms with Gasteiger partial charge in [0.25, 0.3) is 0 Å². The Kier molecular flexibility index (Phi) is 5.62. The molecule has 0 aliphatic carbocycles. The number of likely N-dealkylation sites (tertiary alicyclic amines) is 1. The summed E-state index contributed by atoms with van der Waals surface area (Å²) in [5.41, 5.74) is -0.0717. The lowest BCUT2D eigenvalue weighted by molar-refractivity contribution is 0.0696. The first kappa shape index (κ1) is 18.8. The lowest BCUT2D eigenvalue weighted by Gasteiger charge is -2.38. The Morgan fingerprint density at radius 3 is 2.71 bits per heavy atom. The Morgan fingerprint density at radius 2 is 2.12 bits per heavy atom. The number of hydrogen-bond donors (Lipinski definition) is 2. The van der Waals surface area contributed by atoms with Crippen LogP contribution in [-0.4, -0.2) is 50.6 Å². The number of aromatic carboxylic acids is 1. The van der Waals surface area contributed by atoms with Crippen LogP contribution >= 0.6 is 0 Å². The second-order valence-electron chi connectivity index (χ2n) is 6.89. The predicted octanol–water partition coefficient (Wildman–Crippen LogP) is 1.92. The Hall–Kier alpha value is -1.51. The molecule has 24 heavy (non-hydrogen) atoms. The fourth-order valence-corrected chi connectivity index (χ4v) is 4.08. The second-order valence-corrected chi connectivity index (χ2v) is 8.63. The number of sulfonamides is 1. The Balaban J connectivity index is 1.98. The van der Waals surface area contributed by atoms with E-state index in [0.29, 0.717) is 12.6 Å². The van der Waals surface area contributed by atoms with Crippen LogP contribution in [0.25, 0.3) is 0 Å². The molecule has 0 bridgehead atoms. The number of piperidine rings is 1. The molecule has 134 valence electrons. The number of halogens is 1. The number of nitrogens with one attached hydrogen (secondary N) is 1. The third-order valence-electron chi connectivity index (χ3n) is 4.17. The average Bonchev–Trinajstić information content (AvgIpc) is 2.45. The molecule has 1 fully saturated rings. The highest BCUT2D eigenvalue weighted by Gasteiger charge is 2.26. The number of carboxylic acid groups (broad SMARTS) is 1. The minimum absolute atomic E-state index is 0.179. The zero-order chi connectivity index (χ0) is 18.0. The number of carbonyl (C=O) groups is 1. The third-order valence-corrected chi connectivity index (χ3v) is 5.66. The van der Waals surface area contributed by atoms with Crippen molar-refractivity contribution >= 4 is 16.0 Å². The molecule has 0 saturated carbocycles. The van der Waals surface area contributed by atoms with Gasteiger partial charge in [-0.25, -0.2) is 22.3 Å². The monoisotopic (exact) mass is 358 g/mol. The third kappa shape index (κ3) is 4.75. The maximum Gasteiger partial charge on any atom is 0.335 e. The first-order valence-corrected chi connectivity index (χ1v) is 9.34.